The van der Waals surface area contributed by atoms with E-state index in [-0.39, 0.29) is 28.5 Å². The van der Waals surface area contributed by atoms with Crippen LogP contribution in [0.15, 0.2) is 6.20 Å². The molecule has 0 amide bonds. The third-order valence-electron chi connectivity index (χ3n) is 1.74. The summed E-state index contributed by atoms with van der Waals surface area (Å²) < 4.78 is 0. The summed E-state index contributed by atoms with van der Waals surface area (Å²) >= 11 is 4.74. The first kappa shape index (κ1) is 7.30. The molecule has 4 nitrogen and oxygen atoms in total. The Kier molecular flexibility index (Phi) is 1.41. The molecule has 0 aromatic carbocycles. The first-order chi connectivity index (χ1) is 5.70. The lowest BCUT2D eigenvalue weighted by Gasteiger charge is -2.07. The number of aromatic nitrogens is 2. The summed E-state index contributed by atoms with van der Waals surface area (Å²) in [4.78, 5) is 22.6. The zero-order valence-electron chi connectivity index (χ0n) is 5.96. The minimum Gasteiger partial charge on any atom is -0.292 e. The summed E-state index contributed by atoms with van der Waals surface area (Å²) in [6.45, 7) is 0. The Bertz CT molecular complexity index is 394. The summed E-state index contributed by atoms with van der Waals surface area (Å²) in [5, 5.41) is 6.09. The third-order valence-corrected chi connectivity index (χ3v) is 2.07. The molecule has 1 aliphatic rings. The van der Waals surface area contributed by atoms with Crippen molar-refractivity contribution in [3.63, 3.8) is 0 Å². The van der Waals surface area contributed by atoms with Crippen molar-refractivity contribution >= 4 is 28.6 Å². The molecular formula is C7H4N2O2S. The van der Waals surface area contributed by atoms with Gasteiger partial charge in [0, 0.05) is 0 Å². The fraction of sp³-hybridized carbons (Fsp3) is 0.143. The van der Waals surface area contributed by atoms with Gasteiger partial charge in [-0.25, -0.2) is 0 Å². The average Bonchev–Trinajstić information content (AvgIpc) is 2.48. The fourth-order valence-corrected chi connectivity index (χ4v) is 1.38. The van der Waals surface area contributed by atoms with Crippen molar-refractivity contribution < 1.29 is 9.59 Å². The molecule has 1 aliphatic carbocycles. The molecule has 0 saturated carbocycles. The van der Waals surface area contributed by atoms with Crippen LogP contribution >= 0.6 is 12.2 Å². The van der Waals surface area contributed by atoms with Gasteiger partial charge in [-0.1, -0.05) is 12.2 Å². The van der Waals surface area contributed by atoms with E-state index in [9.17, 15) is 9.59 Å². The monoisotopic (exact) mass is 180 g/mol. The number of rotatable bonds is 0. The van der Waals surface area contributed by atoms with Gasteiger partial charge in [-0.2, -0.15) is 5.10 Å². The number of nitrogens with one attached hydrogen (secondary N) is 1. The van der Waals surface area contributed by atoms with E-state index in [2.05, 4.69) is 10.2 Å². The van der Waals surface area contributed by atoms with Gasteiger partial charge >= 0.3 is 0 Å². The predicted molar refractivity (Wildman–Crippen MR) is 44.5 cm³/mol. The van der Waals surface area contributed by atoms with Crippen LogP contribution in [0.4, 0.5) is 0 Å². The lowest BCUT2D eigenvalue weighted by atomic mass is 9.96. The Morgan fingerprint density at radius 2 is 2.25 bits per heavy atom. The lowest BCUT2D eigenvalue weighted by molar-refractivity contribution is 0.0963. The molecule has 5 heteroatoms. The molecule has 1 heterocycles. The van der Waals surface area contributed by atoms with Crippen LogP contribution in [0.3, 0.4) is 0 Å². The Hall–Kier alpha value is -1.36. The molecule has 0 aliphatic heterocycles. The fourth-order valence-electron chi connectivity index (χ4n) is 1.14. The molecular weight excluding hydrogens is 176 g/mol. The highest BCUT2D eigenvalue weighted by molar-refractivity contribution is 7.82. The Morgan fingerprint density at radius 3 is 3.00 bits per heavy atom. The minimum atomic E-state index is -0.256. The van der Waals surface area contributed by atoms with Crippen LogP contribution in [0, 0.1) is 0 Å². The van der Waals surface area contributed by atoms with Crippen molar-refractivity contribution in [2.24, 2.45) is 0 Å². The second-order valence-corrected chi connectivity index (χ2v) is 3.00. The average molecular weight is 180 g/mol. The highest BCUT2D eigenvalue weighted by Crippen LogP contribution is 2.16. The van der Waals surface area contributed by atoms with Crippen molar-refractivity contribution in [3.8, 4) is 0 Å². The van der Waals surface area contributed by atoms with E-state index >= 15 is 0 Å². The Balaban J connectivity index is 2.64. The summed E-state index contributed by atoms with van der Waals surface area (Å²) in [6.07, 6.45) is 1.37. The second kappa shape index (κ2) is 2.31. The number of ketones is 2. The zero-order chi connectivity index (χ0) is 8.72. The number of carbonyl (C=O) groups is 2. The topological polar surface area (TPSA) is 62.8 Å². The third kappa shape index (κ3) is 0.831. The van der Waals surface area contributed by atoms with Gasteiger partial charge in [0.1, 0.15) is 5.69 Å². The van der Waals surface area contributed by atoms with Crippen LogP contribution < -0.4 is 0 Å². The van der Waals surface area contributed by atoms with Crippen LogP contribution in [0.2, 0.25) is 0 Å². The quantitative estimate of drug-likeness (QED) is 0.592. The first-order valence-electron chi connectivity index (χ1n) is 3.34. The zero-order valence-corrected chi connectivity index (χ0v) is 6.77. The number of thiocarbonyl (C=S) groups is 1. The van der Waals surface area contributed by atoms with Crippen molar-refractivity contribution in [2.75, 3.05) is 0 Å². The van der Waals surface area contributed by atoms with Crippen LogP contribution in [0.1, 0.15) is 27.3 Å². The molecule has 0 spiro atoms. The van der Waals surface area contributed by atoms with Gasteiger partial charge in [0.2, 0.25) is 5.78 Å². The molecule has 0 unspecified atom stereocenters. The van der Waals surface area contributed by atoms with Crippen LogP contribution in [0.25, 0.3) is 0 Å². The maximum Gasteiger partial charge on any atom is 0.204 e. The molecule has 0 radical (unpaired) electrons. The number of aromatic amines is 1. The van der Waals surface area contributed by atoms with Crippen LogP contribution in [-0.2, 0) is 0 Å². The van der Waals surface area contributed by atoms with Crippen molar-refractivity contribution in [1.82, 2.24) is 10.2 Å². The van der Waals surface area contributed by atoms with E-state index in [0.29, 0.717) is 5.56 Å². The number of hydrogen-bond donors (Lipinski definition) is 1. The van der Waals surface area contributed by atoms with Gasteiger partial charge in [-0.05, 0) is 0 Å². The van der Waals surface area contributed by atoms with Gasteiger partial charge in [-0.15, -0.1) is 0 Å². The van der Waals surface area contributed by atoms with E-state index in [1.807, 2.05) is 0 Å². The maximum absolute atomic E-state index is 11.3. The van der Waals surface area contributed by atoms with Gasteiger partial charge < -0.3 is 0 Å². The number of hydrogen-bond acceptors (Lipinski definition) is 4. The summed E-state index contributed by atoms with van der Waals surface area (Å²) in [6, 6.07) is 0. The van der Waals surface area contributed by atoms with E-state index in [1.165, 1.54) is 6.20 Å². The second-order valence-electron chi connectivity index (χ2n) is 2.51. The smallest absolute Gasteiger partial charge is 0.204 e. The molecule has 1 N–H and O–H groups in total. The van der Waals surface area contributed by atoms with E-state index < -0.39 is 0 Å². The van der Waals surface area contributed by atoms with Crippen molar-refractivity contribution in [3.05, 3.63) is 17.5 Å². The van der Waals surface area contributed by atoms with Crippen LogP contribution in [-0.4, -0.2) is 26.6 Å². The molecule has 0 atom stereocenters. The first-order valence-corrected chi connectivity index (χ1v) is 3.75. The SMILES string of the molecule is O=C1C(=S)CC(=O)c2[nH]ncc21. The Labute approximate surface area is 73.0 Å². The molecule has 60 valence electrons. The molecule has 0 saturated heterocycles. The van der Waals surface area contributed by atoms with Crippen LogP contribution in [0.5, 0.6) is 0 Å². The predicted octanol–water partition coefficient (Wildman–Crippen LogP) is 0.549. The van der Waals surface area contributed by atoms with Gasteiger partial charge in [-0.3, -0.25) is 14.7 Å². The minimum absolute atomic E-state index is 0.0311. The molecule has 1 aromatic rings. The number of carbonyl (C=O) groups excluding carboxylic acids is 2. The molecule has 1 aromatic heterocycles. The normalized spacial score (nSPS) is 16.5. The van der Waals surface area contributed by atoms with E-state index in [4.69, 9.17) is 12.2 Å². The number of Topliss-reactive ketones (excluding diaryl/α,β-unsaturated/α-hetero) is 2. The highest BCUT2D eigenvalue weighted by Gasteiger charge is 2.29. The Morgan fingerprint density at radius 1 is 1.50 bits per heavy atom. The molecule has 0 fully saturated rings. The van der Waals surface area contributed by atoms with Crippen molar-refractivity contribution in [2.45, 2.75) is 6.42 Å². The lowest BCUT2D eigenvalue weighted by Crippen LogP contribution is -2.24. The van der Waals surface area contributed by atoms with Gasteiger partial charge in [0.15, 0.2) is 5.78 Å². The number of H-pyrrole nitrogens is 1. The standard InChI is InChI=1S/C7H4N2O2S/c10-4-1-5(12)7(11)3-2-8-9-6(3)4/h2H,1H2,(H,8,9). The van der Waals surface area contributed by atoms with Gasteiger partial charge in [0.05, 0.1) is 23.0 Å². The summed E-state index contributed by atoms with van der Waals surface area (Å²) in [7, 11) is 0. The molecule has 12 heavy (non-hydrogen) atoms. The van der Waals surface area contributed by atoms with E-state index in [0.717, 1.165) is 0 Å². The maximum atomic E-state index is 11.3. The molecule has 0 bridgehead atoms. The van der Waals surface area contributed by atoms with Crippen molar-refractivity contribution in [1.29, 1.82) is 0 Å². The summed E-state index contributed by atoms with van der Waals surface area (Å²) in [5.74, 6) is -0.416. The number of nitrogens with zero attached hydrogens (tertiary/aromatic N) is 1. The van der Waals surface area contributed by atoms with E-state index in [1.54, 1.807) is 0 Å². The largest absolute Gasteiger partial charge is 0.292 e. The molecule has 2 rings (SSSR count). The van der Waals surface area contributed by atoms with Gasteiger partial charge in [0.25, 0.3) is 0 Å². The highest BCUT2D eigenvalue weighted by atomic mass is 32.1. The number of fused-ring (bicyclic) bond motifs is 1. The summed E-state index contributed by atoms with van der Waals surface area (Å²) in [5.41, 5.74) is 0.588.